The number of amides is 1. The Bertz CT molecular complexity index is 538. The van der Waals surface area contributed by atoms with Crippen molar-refractivity contribution in [1.82, 2.24) is 4.90 Å². The third kappa shape index (κ3) is 1.23. The molecule has 0 N–H and O–H groups in total. The van der Waals surface area contributed by atoms with Crippen LogP contribution in [-0.4, -0.2) is 28.8 Å². The van der Waals surface area contributed by atoms with Gasteiger partial charge in [0.05, 0.1) is 6.04 Å². The predicted molar refractivity (Wildman–Crippen MR) is 50.2 cm³/mol. The minimum absolute atomic E-state index is 0.400. The second-order valence-electron chi connectivity index (χ2n) is 4.05. The topological polar surface area (TPSA) is 37.1 Å². The van der Waals surface area contributed by atoms with Crippen molar-refractivity contribution in [2.75, 3.05) is 0 Å². The van der Waals surface area contributed by atoms with Crippen molar-refractivity contribution in [1.29, 1.82) is 0 Å². The van der Waals surface area contributed by atoms with Crippen LogP contribution in [0.4, 0.5) is 13.2 Å². The van der Waals surface area contributed by atoms with Crippen LogP contribution in [0.15, 0.2) is 24.3 Å². The number of carbonyl (C=O) groups excluding carboxylic acids is 2. The number of carbonyl (C=O) groups is 2. The normalized spacial score (nSPS) is 25.6. The van der Waals surface area contributed by atoms with Crippen LogP contribution < -0.4 is 0 Å². The van der Waals surface area contributed by atoms with Gasteiger partial charge >= 0.3 is 12.1 Å². The first kappa shape index (κ1) is 10.3. The number of rotatable bonds is 0. The lowest BCUT2D eigenvalue weighted by Gasteiger charge is -2.11. The van der Waals surface area contributed by atoms with Crippen LogP contribution in [0.1, 0.15) is 22.0 Å². The molecule has 2 atom stereocenters. The lowest BCUT2D eigenvalue weighted by Crippen LogP contribution is -2.33. The Hall–Kier alpha value is -1.85. The van der Waals surface area contributed by atoms with Crippen molar-refractivity contribution in [3.8, 4) is 0 Å². The molecule has 0 unspecified atom stereocenters. The predicted octanol–water partition coefficient (Wildman–Crippen LogP) is 1.70. The number of Topliss-reactive ketones (excluding diaryl/α,β-unsaturated/α-hetero) is 1. The van der Waals surface area contributed by atoms with Gasteiger partial charge in [-0.25, -0.2) is 0 Å². The highest BCUT2D eigenvalue weighted by Crippen LogP contribution is 2.53. The van der Waals surface area contributed by atoms with Gasteiger partial charge in [-0.15, -0.1) is 0 Å². The fourth-order valence-electron chi connectivity index (χ4n) is 2.36. The maximum atomic E-state index is 12.2. The first-order valence-corrected chi connectivity index (χ1v) is 4.95. The van der Waals surface area contributed by atoms with Gasteiger partial charge in [-0.3, -0.25) is 9.59 Å². The van der Waals surface area contributed by atoms with E-state index in [1.807, 2.05) is 0 Å². The first-order chi connectivity index (χ1) is 7.93. The van der Waals surface area contributed by atoms with Gasteiger partial charge in [-0.05, 0) is 5.56 Å². The standard InChI is InChI=1S/C11H6F3NO2/c12-11(13,14)10(17)15-7-5-3-1-2-4-6(5)9(16)8(7)15/h1-4,7-8H/t7-,8+,15?/m0/s1. The van der Waals surface area contributed by atoms with Gasteiger partial charge in [0.2, 0.25) is 0 Å². The van der Waals surface area contributed by atoms with Gasteiger partial charge in [0.1, 0.15) is 6.04 Å². The summed E-state index contributed by atoms with van der Waals surface area (Å²) in [4.78, 5) is 23.4. The molecule has 1 aliphatic heterocycles. The van der Waals surface area contributed by atoms with E-state index in [1.54, 1.807) is 24.3 Å². The summed E-state index contributed by atoms with van der Waals surface area (Å²) in [6, 6.07) is 4.79. The van der Waals surface area contributed by atoms with Crippen LogP contribution in [-0.2, 0) is 4.79 Å². The minimum Gasteiger partial charge on any atom is -0.312 e. The van der Waals surface area contributed by atoms with E-state index in [-0.39, 0.29) is 0 Å². The molecule has 17 heavy (non-hydrogen) atoms. The molecule has 88 valence electrons. The van der Waals surface area contributed by atoms with Gasteiger partial charge in [0.15, 0.2) is 5.78 Å². The quantitative estimate of drug-likeness (QED) is 0.648. The summed E-state index contributed by atoms with van der Waals surface area (Å²) in [5.41, 5.74) is 0.939. The first-order valence-electron chi connectivity index (χ1n) is 4.95. The smallest absolute Gasteiger partial charge is 0.312 e. The molecule has 0 bridgehead atoms. The highest BCUT2D eigenvalue weighted by Gasteiger charge is 2.66. The van der Waals surface area contributed by atoms with Crippen LogP contribution in [0.3, 0.4) is 0 Å². The molecule has 0 saturated carbocycles. The minimum atomic E-state index is -4.92. The Labute approximate surface area is 93.8 Å². The molecule has 2 aliphatic rings. The van der Waals surface area contributed by atoms with E-state index in [0.717, 1.165) is 0 Å². The number of ketones is 1. The number of fused-ring (bicyclic) bond motifs is 3. The van der Waals surface area contributed by atoms with Crippen LogP contribution in [0.2, 0.25) is 0 Å². The summed E-state index contributed by atoms with van der Waals surface area (Å²) in [7, 11) is 0. The van der Waals surface area contributed by atoms with Crippen molar-refractivity contribution in [3.63, 3.8) is 0 Å². The Morgan fingerprint density at radius 2 is 1.82 bits per heavy atom. The van der Waals surface area contributed by atoms with Crippen molar-refractivity contribution in [3.05, 3.63) is 35.4 Å². The Morgan fingerprint density at radius 3 is 2.47 bits per heavy atom. The van der Waals surface area contributed by atoms with E-state index < -0.39 is 30.0 Å². The zero-order chi connectivity index (χ0) is 12.4. The molecule has 6 heteroatoms. The summed E-state index contributed by atoms with van der Waals surface area (Å²) in [6.07, 6.45) is -4.92. The zero-order valence-corrected chi connectivity index (χ0v) is 8.36. The lowest BCUT2D eigenvalue weighted by molar-refractivity contribution is -0.180. The lowest BCUT2D eigenvalue weighted by atomic mass is 10.1. The molecule has 3 rings (SSSR count). The molecular weight excluding hydrogens is 235 g/mol. The fraction of sp³-hybridized carbons (Fsp3) is 0.273. The molecular formula is C11H6F3NO2. The van der Waals surface area contributed by atoms with Crippen LogP contribution in [0.5, 0.6) is 0 Å². The van der Waals surface area contributed by atoms with Crippen LogP contribution >= 0.6 is 0 Å². The van der Waals surface area contributed by atoms with E-state index in [9.17, 15) is 22.8 Å². The summed E-state index contributed by atoms with van der Waals surface area (Å²) < 4.78 is 36.7. The molecule has 0 spiro atoms. The van der Waals surface area contributed by atoms with E-state index in [1.165, 1.54) is 0 Å². The summed E-state index contributed by atoms with van der Waals surface area (Å²) >= 11 is 0. The van der Waals surface area contributed by atoms with E-state index >= 15 is 0 Å². The molecule has 1 heterocycles. The summed E-state index contributed by atoms with van der Waals surface area (Å²) in [5, 5.41) is 0. The third-order valence-corrected chi connectivity index (χ3v) is 3.10. The maximum absolute atomic E-state index is 12.2. The van der Waals surface area contributed by atoms with Gasteiger partial charge in [-0.1, -0.05) is 24.3 Å². The molecule has 0 aromatic heterocycles. The third-order valence-electron chi connectivity index (χ3n) is 3.10. The number of nitrogens with zero attached hydrogens (tertiary/aromatic N) is 1. The molecule has 1 aromatic rings. The monoisotopic (exact) mass is 241 g/mol. The second kappa shape index (κ2) is 2.88. The summed E-state index contributed by atoms with van der Waals surface area (Å²) in [5.74, 6) is -2.33. The maximum Gasteiger partial charge on any atom is 0.471 e. The second-order valence-corrected chi connectivity index (χ2v) is 4.05. The van der Waals surface area contributed by atoms with E-state index in [2.05, 4.69) is 0 Å². The number of halogens is 3. The fourth-order valence-corrected chi connectivity index (χ4v) is 2.36. The van der Waals surface area contributed by atoms with Crippen molar-refractivity contribution in [2.45, 2.75) is 18.3 Å². The SMILES string of the molecule is O=C1c2ccccc2[C@H]2[C@H]1N2C(=O)C(F)(F)F. The van der Waals surface area contributed by atoms with Crippen LogP contribution in [0.25, 0.3) is 0 Å². The summed E-state index contributed by atoms with van der Waals surface area (Å²) in [6.45, 7) is 0. The van der Waals surface area contributed by atoms with Gasteiger partial charge < -0.3 is 4.90 Å². The van der Waals surface area contributed by atoms with Gasteiger partial charge in [0.25, 0.3) is 0 Å². The molecule has 0 radical (unpaired) electrons. The molecule has 1 amide bonds. The van der Waals surface area contributed by atoms with Crippen molar-refractivity contribution >= 4 is 11.7 Å². The molecule has 1 saturated heterocycles. The number of alkyl halides is 3. The zero-order valence-electron chi connectivity index (χ0n) is 8.36. The molecule has 1 fully saturated rings. The van der Waals surface area contributed by atoms with E-state index in [4.69, 9.17) is 0 Å². The number of benzene rings is 1. The number of hydrogen-bond donors (Lipinski definition) is 0. The Balaban J connectivity index is 1.96. The van der Waals surface area contributed by atoms with Crippen molar-refractivity contribution in [2.24, 2.45) is 0 Å². The largest absolute Gasteiger partial charge is 0.471 e. The van der Waals surface area contributed by atoms with Crippen molar-refractivity contribution < 1.29 is 22.8 Å². The Morgan fingerprint density at radius 1 is 1.18 bits per heavy atom. The molecule has 1 aromatic carbocycles. The average molecular weight is 241 g/mol. The Kier molecular flexibility index (Phi) is 1.75. The molecule has 3 nitrogen and oxygen atoms in total. The highest BCUT2D eigenvalue weighted by molar-refractivity contribution is 6.11. The number of hydrogen-bond acceptors (Lipinski definition) is 2. The van der Waals surface area contributed by atoms with Gasteiger partial charge in [-0.2, -0.15) is 13.2 Å². The van der Waals surface area contributed by atoms with Gasteiger partial charge in [0, 0.05) is 5.56 Å². The molecule has 1 aliphatic carbocycles. The highest BCUT2D eigenvalue weighted by atomic mass is 19.4. The average Bonchev–Trinajstić information content (AvgIpc) is 2.93. The van der Waals surface area contributed by atoms with E-state index in [0.29, 0.717) is 16.0 Å². The van der Waals surface area contributed by atoms with Crippen LogP contribution in [0, 0.1) is 0 Å².